The van der Waals surface area contributed by atoms with Crippen molar-refractivity contribution in [1.82, 2.24) is 15.6 Å². The quantitative estimate of drug-likeness (QED) is 0.908. The van der Waals surface area contributed by atoms with Crippen LogP contribution in [0.4, 0.5) is 0 Å². The predicted octanol–water partition coefficient (Wildman–Crippen LogP) is 2.30. The molecule has 1 aromatic carbocycles. The highest BCUT2D eigenvalue weighted by Crippen LogP contribution is 2.25. The first-order valence-electron chi connectivity index (χ1n) is 7.38. The molecule has 116 valence electrons. The van der Waals surface area contributed by atoms with Crippen LogP contribution in [0.15, 0.2) is 29.6 Å². The third-order valence-corrected chi connectivity index (χ3v) is 4.60. The summed E-state index contributed by atoms with van der Waals surface area (Å²) in [7, 11) is 1.64. The van der Waals surface area contributed by atoms with Gasteiger partial charge in [0.1, 0.15) is 16.5 Å². The standard InChI is InChI=1S/C16H19N3O2S/c1-21-13-6-4-11(5-7-13)16-19-14(10-22-16)15(20)18-12-3-2-8-17-9-12/h4-7,10,12,17H,2-3,8-9H2,1H3,(H,18,20)/t12-/m0/s1. The fourth-order valence-corrected chi connectivity index (χ4v) is 3.28. The lowest BCUT2D eigenvalue weighted by atomic mass is 10.1. The molecular weight excluding hydrogens is 298 g/mol. The van der Waals surface area contributed by atoms with Crippen molar-refractivity contribution in [1.29, 1.82) is 0 Å². The van der Waals surface area contributed by atoms with E-state index in [4.69, 9.17) is 4.74 Å². The van der Waals surface area contributed by atoms with Crippen molar-refractivity contribution in [3.8, 4) is 16.3 Å². The van der Waals surface area contributed by atoms with Gasteiger partial charge in [-0.15, -0.1) is 11.3 Å². The van der Waals surface area contributed by atoms with Gasteiger partial charge in [0.05, 0.1) is 7.11 Å². The molecule has 5 nitrogen and oxygen atoms in total. The second-order valence-corrected chi connectivity index (χ2v) is 6.14. The molecule has 1 fully saturated rings. The first-order valence-corrected chi connectivity index (χ1v) is 8.26. The molecule has 1 aliphatic heterocycles. The van der Waals surface area contributed by atoms with Crippen LogP contribution in [-0.4, -0.2) is 37.1 Å². The number of rotatable bonds is 4. The topological polar surface area (TPSA) is 63.2 Å². The number of carbonyl (C=O) groups excluding carboxylic acids is 1. The molecule has 0 saturated carbocycles. The monoisotopic (exact) mass is 317 g/mol. The number of nitrogens with one attached hydrogen (secondary N) is 2. The maximum Gasteiger partial charge on any atom is 0.271 e. The summed E-state index contributed by atoms with van der Waals surface area (Å²) in [6, 6.07) is 7.88. The van der Waals surface area contributed by atoms with Crippen molar-refractivity contribution in [2.45, 2.75) is 18.9 Å². The van der Waals surface area contributed by atoms with Crippen LogP contribution in [0, 0.1) is 0 Å². The van der Waals surface area contributed by atoms with E-state index in [0.717, 1.165) is 42.3 Å². The maximum absolute atomic E-state index is 12.2. The molecule has 6 heteroatoms. The number of aromatic nitrogens is 1. The molecule has 1 atom stereocenters. The molecule has 22 heavy (non-hydrogen) atoms. The van der Waals surface area contributed by atoms with Crippen molar-refractivity contribution < 1.29 is 9.53 Å². The Kier molecular flexibility index (Phi) is 4.70. The lowest BCUT2D eigenvalue weighted by molar-refractivity contribution is 0.0926. The minimum atomic E-state index is -0.0929. The second-order valence-electron chi connectivity index (χ2n) is 5.28. The number of amides is 1. The highest BCUT2D eigenvalue weighted by molar-refractivity contribution is 7.13. The average Bonchev–Trinajstić information content (AvgIpc) is 3.06. The molecule has 0 radical (unpaired) electrons. The van der Waals surface area contributed by atoms with Gasteiger partial charge in [0, 0.05) is 23.5 Å². The molecule has 0 unspecified atom stereocenters. The van der Waals surface area contributed by atoms with E-state index in [1.165, 1.54) is 11.3 Å². The number of methoxy groups -OCH3 is 1. The SMILES string of the molecule is COc1ccc(-c2nc(C(=O)N[C@H]3CCCNC3)cs2)cc1. The van der Waals surface area contributed by atoms with E-state index in [1.807, 2.05) is 29.6 Å². The summed E-state index contributed by atoms with van der Waals surface area (Å²) in [5.41, 5.74) is 1.48. The minimum Gasteiger partial charge on any atom is -0.497 e. The van der Waals surface area contributed by atoms with Crippen LogP contribution in [0.5, 0.6) is 5.75 Å². The molecule has 3 rings (SSSR count). The zero-order chi connectivity index (χ0) is 15.4. The number of hydrogen-bond acceptors (Lipinski definition) is 5. The van der Waals surface area contributed by atoms with E-state index >= 15 is 0 Å². The van der Waals surface area contributed by atoms with Gasteiger partial charge < -0.3 is 15.4 Å². The van der Waals surface area contributed by atoms with Gasteiger partial charge in [-0.1, -0.05) is 0 Å². The summed E-state index contributed by atoms with van der Waals surface area (Å²) in [4.78, 5) is 16.7. The molecule has 2 heterocycles. The average molecular weight is 317 g/mol. The Labute approximate surface area is 133 Å². The number of benzene rings is 1. The van der Waals surface area contributed by atoms with Gasteiger partial charge in [-0.2, -0.15) is 0 Å². The first-order chi connectivity index (χ1) is 10.8. The number of nitrogens with zero attached hydrogens (tertiary/aromatic N) is 1. The van der Waals surface area contributed by atoms with Crippen LogP contribution in [0.3, 0.4) is 0 Å². The van der Waals surface area contributed by atoms with Crippen molar-refractivity contribution in [3.63, 3.8) is 0 Å². The van der Waals surface area contributed by atoms with E-state index < -0.39 is 0 Å². The smallest absolute Gasteiger partial charge is 0.271 e. The Morgan fingerprint density at radius 2 is 2.23 bits per heavy atom. The highest BCUT2D eigenvalue weighted by atomic mass is 32.1. The first kappa shape index (κ1) is 15.0. The third-order valence-electron chi connectivity index (χ3n) is 3.71. The van der Waals surface area contributed by atoms with E-state index in [-0.39, 0.29) is 11.9 Å². The van der Waals surface area contributed by atoms with E-state index in [9.17, 15) is 4.79 Å². The van der Waals surface area contributed by atoms with Gasteiger partial charge in [0.15, 0.2) is 0 Å². The third kappa shape index (κ3) is 3.45. The molecule has 0 aliphatic carbocycles. The summed E-state index contributed by atoms with van der Waals surface area (Å²) in [5, 5.41) is 8.98. The summed E-state index contributed by atoms with van der Waals surface area (Å²) in [6.07, 6.45) is 2.12. The van der Waals surface area contributed by atoms with Crippen LogP contribution in [0.2, 0.25) is 0 Å². The Morgan fingerprint density at radius 3 is 2.91 bits per heavy atom. The molecule has 1 aromatic heterocycles. The summed E-state index contributed by atoms with van der Waals surface area (Å²) in [5.74, 6) is 0.716. The van der Waals surface area contributed by atoms with E-state index in [0.29, 0.717) is 5.69 Å². The molecule has 2 aromatic rings. The molecular formula is C16H19N3O2S. The molecule has 1 aliphatic rings. The van der Waals surface area contributed by atoms with Crippen molar-refractivity contribution in [2.75, 3.05) is 20.2 Å². The molecule has 0 bridgehead atoms. The van der Waals surface area contributed by atoms with Crippen molar-refractivity contribution in [2.24, 2.45) is 0 Å². The molecule has 1 saturated heterocycles. The number of hydrogen-bond donors (Lipinski definition) is 2. The fourth-order valence-electron chi connectivity index (χ4n) is 2.48. The molecule has 2 N–H and O–H groups in total. The zero-order valence-electron chi connectivity index (χ0n) is 12.5. The summed E-state index contributed by atoms with van der Waals surface area (Å²) >= 11 is 1.48. The van der Waals surface area contributed by atoms with Gasteiger partial charge in [-0.25, -0.2) is 4.98 Å². The lowest BCUT2D eigenvalue weighted by Crippen LogP contribution is -2.45. The van der Waals surface area contributed by atoms with Crippen molar-refractivity contribution >= 4 is 17.2 Å². The van der Waals surface area contributed by atoms with Gasteiger partial charge in [0.25, 0.3) is 5.91 Å². The van der Waals surface area contributed by atoms with Gasteiger partial charge in [-0.05, 0) is 43.7 Å². The van der Waals surface area contributed by atoms with E-state index in [2.05, 4.69) is 15.6 Å². The van der Waals surface area contributed by atoms with E-state index in [1.54, 1.807) is 7.11 Å². The van der Waals surface area contributed by atoms with Crippen molar-refractivity contribution in [3.05, 3.63) is 35.3 Å². The number of piperidine rings is 1. The summed E-state index contributed by atoms with van der Waals surface area (Å²) < 4.78 is 5.15. The summed E-state index contributed by atoms with van der Waals surface area (Å²) in [6.45, 7) is 1.87. The van der Waals surface area contributed by atoms with Gasteiger partial charge >= 0.3 is 0 Å². The second kappa shape index (κ2) is 6.89. The Morgan fingerprint density at radius 1 is 1.41 bits per heavy atom. The maximum atomic E-state index is 12.2. The molecule has 0 spiro atoms. The molecule has 1 amide bonds. The number of ether oxygens (including phenoxy) is 1. The van der Waals surface area contributed by atoms with Crippen LogP contribution < -0.4 is 15.4 Å². The van der Waals surface area contributed by atoms with Crippen LogP contribution in [0.25, 0.3) is 10.6 Å². The zero-order valence-corrected chi connectivity index (χ0v) is 13.3. The lowest BCUT2D eigenvalue weighted by Gasteiger charge is -2.23. The van der Waals surface area contributed by atoms with Crippen LogP contribution in [-0.2, 0) is 0 Å². The normalized spacial score (nSPS) is 18.0. The highest BCUT2D eigenvalue weighted by Gasteiger charge is 2.18. The van der Waals surface area contributed by atoms with Gasteiger partial charge in [0.2, 0.25) is 0 Å². The number of thiazole rings is 1. The Balaban J connectivity index is 1.68. The largest absolute Gasteiger partial charge is 0.497 e. The van der Waals surface area contributed by atoms with Crippen LogP contribution >= 0.6 is 11.3 Å². The fraction of sp³-hybridized carbons (Fsp3) is 0.375. The van der Waals surface area contributed by atoms with Crippen LogP contribution in [0.1, 0.15) is 23.3 Å². The predicted molar refractivity (Wildman–Crippen MR) is 87.5 cm³/mol. The minimum absolute atomic E-state index is 0.0929. The Bertz CT molecular complexity index is 633. The number of carbonyl (C=O) groups is 1. The Hall–Kier alpha value is -1.92. The van der Waals surface area contributed by atoms with Gasteiger partial charge in [-0.3, -0.25) is 4.79 Å².